The number of aliphatic hydroxyl groups is 1. The molecule has 4 heteroatoms. The van der Waals surface area contributed by atoms with E-state index in [1.807, 2.05) is 22.6 Å². The maximum atomic E-state index is 13.1. The molecular weight excluding hydrogens is 272 g/mol. The van der Waals surface area contributed by atoms with Gasteiger partial charge in [0, 0.05) is 9.13 Å². The van der Waals surface area contributed by atoms with Crippen LogP contribution in [0.2, 0.25) is 0 Å². The standard InChI is InChI=1S/C8H5FINO/c9-8-5(3-11)1-2-7(10)6(8)4-12/h1-2,12H,4H2. The zero-order valence-corrected chi connectivity index (χ0v) is 8.17. The SMILES string of the molecule is N#Cc1ccc(I)c(CO)c1F. The molecule has 12 heavy (non-hydrogen) atoms. The normalized spacial score (nSPS) is 9.50. The number of nitrogens with zero attached hydrogens (tertiary/aromatic N) is 1. The third-order valence-electron chi connectivity index (χ3n) is 1.46. The molecule has 0 heterocycles. The minimum Gasteiger partial charge on any atom is -0.392 e. The van der Waals surface area contributed by atoms with E-state index in [1.165, 1.54) is 6.07 Å². The average molecular weight is 277 g/mol. The van der Waals surface area contributed by atoms with Crippen molar-refractivity contribution in [3.05, 3.63) is 32.6 Å². The molecule has 1 aromatic carbocycles. The highest BCUT2D eigenvalue weighted by Gasteiger charge is 2.09. The maximum Gasteiger partial charge on any atom is 0.147 e. The summed E-state index contributed by atoms with van der Waals surface area (Å²) < 4.78 is 13.8. The molecule has 0 atom stereocenters. The van der Waals surface area contributed by atoms with Crippen LogP contribution in [0.1, 0.15) is 11.1 Å². The fraction of sp³-hybridized carbons (Fsp3) is 0.125. The van der Waals surface area contributed by atoms with Gasteiger partial charge in [0.25, 0.3) is 0 Å². The molecule has 0 amide bonds. The largest absolute Gasteiger partial charge is 0.392 e. The van der Waals surface area contributed by atoms with Crippen molar-refractivity contribution in [2.24, 2.45) is 0 Å². The Morgan fingerprint density at radius 1 is 1.58 bits per heavy atom. The summed E-state index contributed by atoms with van der Waals surface area (Å²) in [4.78, 5) is 0. The summed E-state index contributed by atoms with van der Waals surface area (Å²) in [6.45, 7) is -0.375. The van der Waals surface area contributed by atoms with E-state index in [0.29, 0.717) is 3.57 Å². The van der Waals surface area contributed by atoms with Crippen molar-refractivity contribution in [1.29, 1.82) is 5.26 Å². The van der Waals surface area contributed by atoms with Gasteiger partial charge < -0.3 is 5.11 Å². The monoisotopic (exact) mass is 277 g/mol. The van der Waals surface area contributed by atoms with Crippen LogP contribution in [0.15, 0.2) is 12.1 Å². The van der Waals surface area contributed by atoms with Crippen molar-refractivity contribution < 1.29 is 9.50 Å². The first-order valence-electron chi connectivity index (χ1n) is 3.18. The Kier molecular flexibility index (Phi) is 3.00. The van der Waals surface area contributed by atoms with E-state index >= 15 is 0 Å². The molecule has 0 aromatic heterocycles. The molecule has 1 rings (SSSR count). The van der Waals surface area contributed by atoms with Gasteiger partial charge in [0.2, 0.25) is 0 Å². The Bertz CT molecular complexity index is 346. The van der Waals surface area contributed by atoms with E-state index in [-0.39, 0.29) is 17.7 Å². The first-order chi connectivity index (χ1) is 5.70. The van der Waals surface area contributed by atoms with Crippen LogP contribution in [-0.4, -0.2) is 5.11 Å². The molecule has 0 aliphatic heterocycles. The van der Waals surface area contributed by atoms with Gasteiger partial charge in [0.1, 0.15) is 11.9 Å². The van der Waals surface area contributed by atoms with Crippen molar-refractivity contribution >= 4 is 22.6 Å². The highest BCUT2D eigenvalue weighted by atomic mass is 127. The number of halogens is 2. The van der Waals surface area contributed by atoms with Crippen LogP contribution in [0.5, 0.6) is 0 Å². The summed E-state index contributed by atoms with van der Waals surface area (Å²) in [5, 5.41) is 17.2. The summed E-state index contributed by atoms with van der Waals surface area (Å²) in [6, 6.07) is 4.71. The second-order valence-electron chi connectivity index (χ2n) is 2.16. The molecule has 0 fully saturated rings. The molecule has 0 aliphatic rings. The van der Waals surface area contributed by atoms with Gasteiger partial charge in [-0.3, -0.25) is 0 Å². The summed E-state index contributed by atoms with van der Waals surface area (Å²) in [5.41, 5.74) is 0.161. The molecular formula is C8H5FINO. The van der Waals surface area contributed by atoms with Crippen LogP contribution in [-0.2, 0) is 6.61 Å². The lowest BCUT2D eigenvalue weighted by molar-refractivity contribution is 0.274. The van der Waals surface area contributed by atoms with E-state index < -0.39 is 5.82 Å². The van der Waals surface area contributed by atoms with E-state index in [9.17, 15) is 4.39 Å². The Morgan fingerprint density at radius 3 is 2.75 bits per heavy atom. The third-order valence-corrected chi connectivity index (χ3v) is 2.48. The van der Waals surface area contributed by atoms with Crippen LogP contribution in [0, 0.1) is 20.7 Å². The summed E-state index contributed by atoms with van der Waals surface area (Å²) in [7, 11) is 0. The van der Waals surface area contributed by atoms with Gasteiger partial charge >= 0.3 is 0 Å². The topological polar surface area (TPSA) is 44.0 Å². The highest BCUT2D eigenvalue weighted by Crippen LogP contribution is 2.18. The molecule has 0 aliphatic carbocycles. The molecule has 0 unspecified atom stereocenters. The van der Waals surface area contributed by atoms with Crippen LogP contribution < -0.4 is 0 Å². The Labute approximate surface area is 82.8 Å². The Hall–Kier alpha value is -0.670. The highest BCUT2D eigenvalue weighted by molar-refractivity contribution is 14.1. The molecule has 2 nitrogen and oxygen atoms in total. The van der Waals surface area contributed by atoms with Crippen LogP contribution in [0.3, 0.4) is 0 Å². The van der Waals surface area contributed by atoms with Gasteiger partial charge in [-0.1, -0.05) is 0 Å². The lowest BCUT2D eigenvalue weighted by Crippen LogP contribution is -1.96. The second kappa shape index (κ2) is 3.83. The van der Waals surface area contributed by atoms with Crippen LogP contribution >= 0.6 is 22.6 Å². The molecule has 1 N–H and O–H groups in total. The summed E-state index contributed by atoms with van der Waals surface area (Å²) >= 11 is 1.91. The third kappa shape index (κ3) is 1.57. The molecule has 0 saturated heterocycles. The predicted octanol–water partition coefficient (Wildman–Crippen LogP) is 1.79. The predicted molar refractivity (Wildman–Crippen MR) is 49.8 cm³/mol. The van der Waals surface area contributed by atoms with E-state index in [2.05, 4.69) is 0 Å². The first kappa shape index (κ1) is 9.42. The molecule has 0 radical (unpaired) electrons. The van der Waals surface area contributed by atoms with Gasteiger partial charge in [0.15, 0.2) is 0 Å². The quantitative estimate of drug-likeness (QED) is 0.795. The summed E-state index contributed by atoms with van der Waals surface area (Å²) in [6.07, 6.45) is 0. The van der Waals surface area contributed by atoms with Gasteiger partial charge in [-0.05, 0) is 34.7 Å². The van der Waals surface area contributed by atoms with Gasteiger partial charge in [-0.25, -0.2) is 4.39 Å². The lowest BCUT2D eigenvalue weighted by Gasteiger charge is -2.02. The fourth-order valence-corrected chi connectivity index (χ4v) is 1.42. The van der Waals surface area contributed by atoms with Crippen molar-refractivity contribution in [3.63, 3.8) is 0 Å². The average Bonchev–Trinajstić information content (AvgIpc) is 2.06. The van der Waals surface area contributed by atoms with E-state index in [4.69, 9.17) is 10.4 Å². The molecule has 0 saturated carbocycles. The fourth-order valence-electron chi connectivity index (χ4n) is 0.829. The summed E-state index contributed by atoms with van der Waals surface area (Å²) in [5.74, 6) is -0.619. The number of hydrogen-bond acceptors (Lipinski definition) is 2. The molecule has 62 valence electrons. The lowest BCUT2D eigenvalue weighted by atomic mass is 10.1. The molecule has 0 bridgehead atoms. The zero-order chi connectivity index (χ0) is 9.14. The minimum absolute atomic E-state index is 0.0283. The van der Waals surface area contributed by atoms with E-state index in [1.54, 1.807) is 12.1 Å². The van der Waals surface area contributed by atoms with Gasteiger partial charge in [-0.2, -0.15) is 5.26 Å². The smallest absolute Gasteiger partial charge is 0.147 e. The van der Waals surface area contributed by atoms with Gasteiger partial charge in [0.05, 0.1) is 12.2 Å². The van der Waals surface area contributed by atoms with E-state index in [0.717, 1.165) is 0 Å². The van der Waals surface area contributed by atoms with Gasteiger partial charge in [-0.15, -0.1) is 0 Å². The van der Waals surface area contributed by atoms with Crippen molar-refractivity contribution in [2.75, 3.05) is 0 Å². The second-order valence-corrected chi connectivity index (χ2v) is 3.32. The number of nitriles is 1. The van der Waals surface area contributed by atoms with Crippen LogP contribution in [0.4, 0.5) is 4.39 Å². The van der Waals surface area contributed by atoms with Crippen molar-refractivity contribution in [3.8, 4) is 6.07 Å². The Balaban J connectivity index is 3.36. The zero-order valence-electron chi connectivity index (χ0n) is 6.01. The molecule has 1 aromatic rings. The number of hydrogen-bond donors (Lipinski definition) is 1. The maximum absolute atomic E-state index is 13.1. The van der Waals surface area contributed by atoms with Crippen LogP contribution in [0.25, 0.3) is 0 Å². The minimum atomic E-state index is -0.619. The van der Waals surface area contributed by atoms with Crippen molar-refractivity contribution in [1.82, 2.24) is 0 Å². The number of aliphatic hydroxyl groups excluding tert-OH is 1. The molecule has 0 spiro atoms. The first-order valence-corrected chi connectivity index (χ1v) is 4.26. The Morgan fingerprint density at radius 2 is 2.25 bits per heavy atom. The van der Waals surface area contributed by atoms with Crippen molar-refractivity contribution in [2.45, 2.75) is 6.61 Å². The number of benzene rings is 1. The number of rotatable bonds is 1.